The summed E-state index contributed by atoms with van der Waals surface area (Å²) >= 11 is 5.57. The number of hydrogen-bond donors (Lipinski definition) is 1. The number of nitrogens with one attached hydrogen (secondary N) is 1. The van der Waals surface area contributed by atoms with Crippen molar-refractivity contribution in [3.63, 3.8) is 0 Å². The summed E-state index contributed by atoms with van der Waals surface area (Å²) < 4.78 is 5.00. The maximum atomic E-state index is 5.57. The first-order valence-electron chi connectivity index (χ1n) is 5.09. The summed E-state index contributed by atoms with van der Waals surface area (Å²) in [5.74, 6) is 0.791. The maximum Gasteiger partial charge on any atom is 0.0476 e. The van der Waals surface area contributed by atoms with E-state index in [0.29, 0.717) is 6.04 Å². The van der Waals surface area contributed by atoms with E-state index in [1.807, 2.05) is 0 Å². The highest BCUT2D eigenvalue weighted by Gasteiger charge is 1.99. The molecule has 1 unspecified atom stereocenters. The smallest absolute Gasteiger partial charge is 0.0476 e. The first-order valence-corrected chi connectivity index (χ1v) is 5.63. The quantitative estimate of drug-likeness (QED) is 0.463. The normalized spacial score (nSPS) is 13.2. The molecule has 1 atom stereocenters. The number of rotatable bonds is 9. The minimum Gasteiger partial charge on any atom is -0.385 e. The van der Waals surface area contributed by atoms with Gasteiger partial charge in [-0.1, -0.05) is 6.42 Å². The van der Waals surface area contributed by atoms with Crippen LogP contribution >= 0.6 is 11.6 Å². The Morgan fingerprint density at radius 2 is 2.08 bits per heavy atom. The number of hydrogen-bond acceptors (Lipinski definition) is 2. The lowest BCUT2D eigenvalue weighted by Crippen LogP contribution is -2.28. The van der Waals surface area contributed by atoms with Gasteiger partial charge >= 0.3 is 0 Å². The number of unbranched alkanes of at least 4 members (excludes halogenated alkanes) is 2. The minimum absolute atomic E-state index is 0.566. The Balaban J connectivity index is 3.03. The van der Waals surface area contributed by atoms with Crippen LogP contribution in [0.3, 0.4) is 0 Å². The molecule has 80 valence electrons. The van der Waals surface area contributed by atoms with Gasteiger partial charge in [-0.3, -0.25) is 0 Å². The number of halogens is 1. The summed E-state index contributed by atoms with van der Waals surface area (Å²) in [5.41, 5.74) is 0. The lowest BCUT2D eigenvalue weighted by molar-refractivity contribution is 0.185. The lowest BCUT2D eigenvalue weighted by Gasteiger charge is -2.12. The fourth-order valence-corrected chi connectivity index (χ4v) is 1.33. The van der Waals surface area contributed by atoms with Crippen molar-refractivity contribution in [2.45, 2.75) is 38.6 Å². The highest BCUT2D eigenvalue weighted by atomic mass is 35.5. The molecule has 0 aromatic heterocycles. The second-order valence-electron chi connectivity index (χ2n) is 3.39. The summed E-state index contributed by atoms with van der Waals surface area (Å²) in [6, 6.07) is 0.566. The Morgan fingerprint density at radius 3 is 2.69 bits per heavy atom. The van der Waals surface area contributed by atoms with Crippen LogP contribution in [0.1, 0.15) is 32.6 Å². The summed E-state index contributed by atoms with van der Waals surface area (Å²) in [6.45, 7) is 4.14. The van der Waals surface area contributed by atoms with Crippen molar-refractivity contribution in [3.8, 4) is 0 Å². The van der Waals surface area contributed by atoms with Gasteiger partial charge in [-0.2, -0.15) is 0 Å². The molecule has 0 aromatic rings. The highest BCUT2D eigenvalue weighted by Crippen LogP contribution is 1.97. The number of ether oxygens (including phenoxy) is 1. The molecule has 0 amide bonds. The van der Waals surface area contributed by atoms with E-state index in [1.54, 1.807) is 7.11 Å². The third kappa shape index (κ3) is 10.1. The van der Waals surface area contributed by atoms with Crippen LogP contribution in [0.15, 0.2) is 0 Å². The van der Waals surface area contributed by atoms with E-state index < -0.39 is 0 Å². The van der Waals surface area contributed by atoms with Crippen molar-refractivity contribution >= 4 is 11.6 Å². The average Bonchev–Trinajstić information content (AvgIpc) is 2.14. The average molecular weight is 208 g/mol. The highest BCUT2D eigenvalue weighted by molar-refractivity contribution is 6.17. The Hall–Kier alpha value is 0.210. The minimum atomic E-state index is 0.566. The van der Waals surface area contributed by atoms with Gasteiger partial charge in [-0.15, -0.1) is 11.6 Å². The summed E-state index contributed by atoms with van der Waals surface area (Å²) in [7, 11) is 1.74. The van der Waals surface area contributed by atoms with Crippen LogP contribution in [0, 0.1) is 0 Å². The zero-order valence-corrected chi connectivity index (χ0v) is 9.57. The molecule has 0 bridgehead atoms. The van der Waals surface area contributed by atoms with Crippen LogP contribution in [0.2, 0.25) is 0 Å². The lowest BCUT2D eigenvalue weighted by atomic mass is 10.2. The zero-order chi connectivity index (χ0) is 9.94. The van der Waals surface area contributed by atoms with Gasteiger partial charge in [0.25, 0.3) is 0 Å². The van der Waals surface area contributed by atoms with Crippen molar-refractivity contribution in [1.82, 2.24) is 5.32 Å². The third-order valence-corrected chi connectivity index (χ3v) is 2.33. The number of methoxy groups -OCH3 is 1. The molecule has 0 aliphatic carbocycles. The van der Waals surface area contributed by atoms with E-state index in [0.717, 1.165) is 31.9 Å². The molecule has 0 saturated heterocycles. The van der Waals surface area contributed by atoms with E-state index in [-0.39, 0.29) is 0 Å². The van der Waals surface area contributed by atoms with E-state index in [4.69, 9.17) is 16.3 Å². The SMILES string of the molecule is COCCC(C)NCCCCCCl. The van der Waals surface area contributed by atoms with Gasteiger partial charge in [0.2, 0.25) is 0 Å². The maximum absolute atomic E-state index is 5.57. The molecule has 0 aliphatic heterocycles. The monoisotopic (exact) mass is 207 g/mol. The Bertz CT molecular complexity index is 101. The van der Waals surface area contributed by atoms with Crippen LogP contribution in [-0.4, -0.2) is 32.2 Å². The van der Waals surface area contributed by atoms with Gasteiger partial charge in [0.15, 0.2) is 0 Å². The van der Waals surface area contributed by atoms with Crippen molar-refractivity contribution in [3.05, 3.63) is 0 Å². The van der Waals surface area contributed by atoms with E-state index in [9.17, 15) is 0 Å². The molecule has 0 aliphatic rings. The van der Waals surface area contributed by atoms with Crippen LogP contribution < -0.4 is 5.32 Å². The topological polar surface area (TPSA) is 21.3 Å². The van der Waals surface area contributed by atoms with Gasteiger partial charge in [0.1, 0.15) is 0 Å². The molecule has 0 spiro atoms. The molecule has 0 aromatic carbocycles. The van der Waals surface area contributed by atoms with Crippen molar-refractivity contribution in [1.29, 1.82) is 0 Å². The first kappa shape index (κ1) is 13.2. The Labute approximate surface area is 87.0 Å². The largest absolute Gasteiger partial charge is 0.385 e. The molecule has 0 heterocycles. The fourth-order valence-electron chi connectivity index (χ4n) is 1.14. The van der Waals surface area contributed by atoms with Crippen molar-refractivity contribution in [2.75, 3.05) is 26.1 Å². The van der Waals surface area contributed by atoms with E-state index in [1.165, 1.54) is 12.8 Å². The van der Waals surface area contributed by atoms with Gasteiger partial charge in [0.05, 0.1) is 0 Å². The summed E-state index contributed by atoms with van der Waals surface area (Å²) in [6.07, 6.45) is 4.68. The molecule has 13 heavy (non-hydrogen) atoms. The molecule has 0 fully saturated rings. The zero-order valence-electron chi connectivity index (χ0n) is 8.81. The van der Waals surface area contributed by atoms with Crippen LogP contribution in [0.5, 0.6) is 0 Å². The Morgan fingerprint density at radius 1 is 1.31 bits per heavy atom. The second-order valence-corrected chi connectivity index (χ2v) is 3.76. The van der Waals surface area contributed by atoms with Crippen molar-refractivity contribution < 1.29 is 4.74 Å². The molecular formula is C10H22ClNO. The summed E-state index contributed by atoms with van der Waals surface area (Å²) in [4.78, 5) is 0. The van der Waals surface area contributed by atoms with E-state index >= 15 is 0 Å². The van der Waals surface area contributed by atoms with Crippen LogP contribution in [0.25, 0.3) is 0 Å². The fraction of sp³-hybridized carbons (Fsp3) is 1.00. The van der Waals surface area contributed by atoms with E-state index in [2.05, 4.69) is 12.2 Å². The molecular weight excluding hydrogens is 186 g/mol. The van der Waals surface area contributed by atoms with Gasteiger partial charge in [0, 0.05) is 25.6 Å². The first-order chi connectivity index (χ1) is 6.31. The predicted molar refractivity (Wildman–Crippen MR) is 58.5 cm³/mol. The van der Waals surface area contributed by atoms with Gasteiger partial charge in [-0.25, -0.2) is 0 Å². The van der Waals surface area contributed by atoms with Crippen LogP contribution in [0.4, 0.5) is 0 Å². The van der Waals surface area contributed by atoms with Crippen LogP contribution in [-0.2, 0) is 4.74 Å². The predicted octanol–water partition coefficient (Wildman–Crippen LogP) is 2.41. The molecule has 0 saturated carbocycles. The molecule has 1 N–H and O–H groups in total. The molecule has 2 nitrogen and oxygen atoms in total. The molecule has 3 heteroatoms. The third-order valence-electron chi connectivity index (χ3n) is 2.06. The van der Waals surface area contributed by atoms with Gasteiger partial charge in [-0.05, 0) is 32.7 Å². The second kappa shape index (κ2) is 10.3. The standard InChI is InChI=1S/C10H22ClNO/c1-10(6-9-13-2)12-8-5-3-4-7-11/h10,12H,3-9H2,1-2H3. The summed E-state index contributed by atoms with van der Waals surface area (Å²) in [5, 5.41) is 3.45. The number of alkyl halides is 1. The molecule has 0 radical (unpaired) electrons. The van der Waals surface area contributed by atoms with Gasteiger partial charge < -0.3 is 10.1 Å². The molecule has 0 rings (SSSR count). The van der Waals surface area contributed by atoms with Crippen molar-refractivity contribution in [2.24, 2.45) is 0 Å². The Kier molecular flexibility index (Phi) is 10.5.